The van der Waals surface area contributed by atoms with Crippen LogP contribution in [-0.2, 0) is 4.74 Å². The molecule has 2 heteroatoms. The Kier molecular flexibility index (Phi) is 5.13. The van der Waals surface area contributed by atoms with Gasteiger partial charge in [0.2, 0.25) is 0 Å². The first-order chi connectivity index (χ1) is 3.81. The van der Waals surface area contributed by atoms with Crippen molar-refractivity contribution < 1.29 is 4.74 Å². The molecule has 0 saturated carbocycles. The van der Waals surface area contributed by atoms with Gasteiger partial charge in [-0.1, -0.05) is 6.08 Å². The smallest absolute Gasteiger partial charge is 0.0725 e. The van der Waals surface area contributed by atoms with Crippen molar-refractivity contribution in [3.8, 4) is 0 Å². The van der Waals surface area contributed by atoms with Gasteiger partial charge in [0.1, 0.15) is 0 Å². The molecule has 48 valence electrons. The van der Waals surface area contributed by atoms with Gasteiger partial charge in [0.15, 0.2) is 0 Å². The van der Waals surface area contributed by atoms with Crippen molar-refractivity contribution >= 4 is 11.6 Å². The molecule has 1 atom stereocenters. The van der Waals surface area contributed by atoms with E-state index >= 15 is 0 Å². The predicted octanol–water partition coefficient (Wildman–Crippen LogP) is 1.82. The van der Waals surface area contributed by atoms with Crippen molar-refractivity contribution in [2.75, 3.05) is 12.5 Å². The zero-order chi connectivity index (χ0) is 6.41. The molecule has 0 heterocycles. The Bertz CT molecular complexity index is 63.5. The largest absolute Gasteiger partial charge is 0.373 e. The molecule has 0 saturated heterocycles. The van der Waals surface area contributed by atoms with Gasteiger partial charge in [-0.15, -0.1) is 18.2 Å². The summed E-state index contributed by atoms with van der Waals surface area (Å²) in [6, 6.07) is 0. The second-order valence-corrected chi connectivity index (χ2v) is 1.88. The summed E-state index contributed by atoms with van der Waals surface area (Å²) in [5, 5.41) is 0. The van der Waals surface area contributed by atoms with E-state index in [1.807, 2.05) is 6.92 Å². The minimum Gasteiger partial charge on any atom is -0.373 e. The molecule has 0 aromatic carbocycles. The summed E-state index contributed by atoms with van der Waals surface area (Å²) >= 11 is 5.34. The first-order valence-electron chi connectivity index (χ1n) is 2.61. The molecule has 0 aliphatic heterocycles. The van der Waals surface area contributed by atoms with Gasteiger partial charge in [-0.05, 0) is 6.92 Å². The van der Waals surface area contributed by atoms with Crippen LogP contribution in [-0.4, -0.2) is 18.6 Å². The normalized spacial score (nSPS) is 13.2. The van der Waals surface area contributed by atoms with Crippen LogP contribution in [0.2, 0.25) is 0 Å². The summed E-state index contributed by atoms with van der Waals surface area (Å²) in [5.74, 6) is 0.554. The molecule has 0 spiro atoms. The Morgan fingerprint density at radius 1 is 1.88 bits per heavy atom. The predicted molar refractivity (Wildman–Crippen MR) is 36.3 cm³/mol. The summed E-state index contributed by atoms with van der Waals surface area (Å²) in [5.41, 5.74) is 0. The highest BCUT2D eigenvalue weighted by Gasteiger charge is 1.91. The SMILES string of the molecule is C=CC(C)OCCCl. The zero-order valence-corrected chi connectivity index (χ0v) is 5.82. The molecular weight excluding hydrogens is 124 g/mol. The molecule has 0 aromatic heterocycles. The zero-order valence-electron chi connectivity index (χ0n) is 5.06. The molecule has 0 fully saturated rings. The van der Waals surface area contributed by atoms with Crippen LogP contribution in [0.25, 0.3) is 0 Å². The number of ether oxygens (including phenoxy) is 1. The molecule has 1 nitrogen and oxygen atoms in total. The number of halogens is 1. The van der Waals surface area contributed by atoms with Crippen LogP contribution in [0.1, 0.15) is 6.92 Å². The van der Waals surface area contributed by atoms with Crippen molar-refractivity contribution in [1.82, 2.24) is 0 Å². The molecule has 0 bridgehead atoms. The molecule has 0 aliphatic rings. The maximum Gasteiger partial charge on any atom is 0.0725 e. The van der Waals surface area contributed by atoms with Crippen molar-refractivity contribution in [3.05, 3.63) is 12.7 Å². The quantitative estimate of drug-likeness (QED) is 0.421. The van der Waals surface area contributed by atoms with Crippen LogP contribution in [0.15, 0.2) is 12.7 Å². The van der Waals surface area contributed by atoms with Gasteiger partial charge in [0.25, 0.3) is 0 Å². The van der Waals surface area contributed by atoms with E-state index in [0.717, 1.165) is 0 Å². The Balaban J connectivity index is 2.98. The van der Waals surface area contributed by atoms with Gasteiger partial charge in [-0.25, -0.2) is 0 Å². The monoisotopic (exact) mass is 134 g/mol. The third-order valence-electron chi connectivity index (χ3n) is 0.790. The molecule has 8 heavy (non-hydrogen) atoms. The van der Waals surface area contributed by atoms with Gasteiger partial charge < -0.3 is 4.74 Å². The van der Waals surface area contributed by atoms with E-state index in [1.54, 1.807) is 6.08 Å². The number of hydrogen-bond donors (Lipinski definition) is 0. The van der Waals surface area contributed by atoms with E-state index in [2.05, 4.69) is 6.58 Å². The molecule has 0 amide bonds. The topological polar surface area (TPSA) is 9.23 Å². The summed E-state index contributed by atoms with van der Waals surface area (Å²) < 4.78 is 5.09. The van der Waals surface area contributed by atoms with E-state index in [9.17, 15) is 0 Å². The van der Waals surface area contributed by atoms with Crippen LogP contribution >= 0.6 is 11.6 Å². The fourth-order valence-electron chi connectivity index (χ4n) is 0.298. The molecule has 0 aromatic rings. The van der Waals surface area contributed by atoms with Crippen molar-refractivity contribution in [3.63, 3.8) is 0 Å². The van der Waals surface area contributed by atoms with E-state index < -0.39 is 0 Å². The second-order valence-electron chi connectivity index (χ2n) is 1.50. The second kappa shape index (κ2) is 5.13. The third-order valence-corrected chi connectivity index (χ3v) is 0.944. The number of alkyl halides is 1. The Labute approximate surface area is 55.3 Å². The lowest BCUT2D eigenvalue weighted by Gasteiger charge is -2.03. The fraction of sp³-hybridized carbons (Fsp3) is 0.667. The Morgan fingerprint density at radius 3 is 2.88 bits per heavy atom. The minimum absolute atomic E-state index is 0.133. The first kappa shape index (κ1) is 7.99. The summed E-state index contributed by atoms with van der Waals surface area (Å²) in [6.07, 6.45) is 1.88. The molecule has 0 N–H and O–H groups in total. The van der Waals surface area contributed by atoms with Crippen LogP contribution in [0.4, 0.5) is 0 Å². The summed E-state index contributed by atoms with van der Waals surface area (Å²) in [6.45, 7) is 6.08. The molecular formula is C6H11ClO. The lowest BCUT2D eigenvalue weighted by atomic mass is 10.4. The average molecular weight is 135 g/mol. The van der Waals surface area contributed by atoms with Gasteiger partial charge in [-0.3, -0.25) is 0 Å². The number of rotatable bonds is 4. The van der Waals surface area contributed by atoms with Gasteiger partial charge in [0, 0.05) is 5.88 Å². The molecule has 0 radical (unpaired) electrons. The lowest BCUT2D eigenvalue weighted by molar-refractivity contribution is 0.111. The van der Waals surface area contributed by atoms with Crippen LogP contribution in [0.3, 0.4) is 0 Å². The Morgan fingerprint density at radius 2 is 2.50 bits per heavy atom. The maximum atomic E-state index is 5.34. The number of hydrogen-bond acceptors (Lipinski definition) is 1. The van der Waals surface area contributed by atoms with E-state index in [-0.39, 0.29) is 6.10 Å². The molecule has 0 rings (SSSR count). The fourth-order valence-corrected chi connectivity index (χ4v) is 0.388. The van der Waals surface area contributed by atoms with E-state index in [1.165, 1.54) is 0 Å². The highest BCUT2D eigenvalue weighted by atomic mass is 35.5. The molecule has 1 unspecified atom stereocenters. The van der Waals surface area contributed by atoms with Gasteiger partial charge >= 0.3 is 0 Å². The van der Waals surface area contributed by atoms with Crippen molar-refractivity contribution in [2.24, 2.45) is 0 Å². The van der Waals surface area contributed by atoms with Crippen LogP contribution < -0.4 is 0 Å². The third kappa shape index (κ3) is 4.16. The first-order valence-corrected chi connectivity index (χ1v) is 3.15. The van der Waals surface area contributed by atoms with E-state index in [0.29, 0.717) is 12.5 Å². The summed E-state index contributed by atoms with van der Waals surface area (Å²) in [4.78, 5) is 0. The molecule has 0 aliphatic carbocycles. The highest BCUT2D eigenvalue weighted by Crippen LogP contribution is 1.90. The summed E-state index contributed by atoms with van der Waals surface area (Å²) in [7, 11) is 0. The van der Waals surface area contributed by atoms with Crippen molar-refractivity contribution in [1.29, 1.82) is 0 Å². The van der Waals surface area contributed by atoms with Crippen LogP contribution in [0, 0.1) is 0 Å². The maximum absolute atomic E-state index is 5.34. The van der Waals surface area contributed by atoms with Gasteiger partial charge in [-0.2, -0.15) is 0 Å². The van der Waals surface area contributed by atoms with Crippen molar-refractivity contribution in [2.45, 2.75) is 13.0 Å². The lowest BCUT2D eigenvalue weighted by Crippen LogP contribution is -2.05. The minimum atomic E-state index is 0.133. The van der Waals surface area contributed by atoms with Gasteiger partial charge in [0.05, 0.1) is 12.7 Å². The average Bonchev–Trinajstić information content (AvgIpc) is 1.83. The van der Waals surface area contributed by atoms with Crippen LogP contribution in [0.5, 0.6) is 0 Å². The highest BCUT2D eigenvalue weighted by molar-refractivity contribution is 6.17. The Hall–Kier alpha value is -0.0100. The standard InChI is InChI=1S/C6H11ClO/c1-3-6(2)8-5-4-7/h3,6H,1,4-5H2,2H3. The van der Waals surface area contributed by atoms with E-state index in [4.69, 9.17) is 16.3 Å².